The second-order valence-electron chi connectivity index (χ2n) is 4.11. The van der Waals surface area contributed by atoms with Crippen LogP contribution in [0.15, 0.2) is 5.16 Å². The molecule has 0 radical (unpaired) electrons. The summed E-state index contributed by atoms with van der Waals surface area (Å²) in [6.07, 6.45) is 2.00. The molecule has 0 rings (SSSR count). The number of nitrogens with two attached hydrogens (primary N) is 1. The van der Waals surface area contributed by atoms with Crippen molar-refractivity contribution in [1.82, 2.24) is 4.90 Å². The van der Waals surface area contributed by atoms with Crippen LogP contribution in [0, 0.1) is 5.92 Å². The molecule has 0 saturated carbocycles. The fourth-order valence-electron chi connectivity index (χ4n) is 1.43. The number of hydrogen-bond acceptors (Lipinski definition) is 3. The fraction of sp³-hybridized carbons (Fsp3) is 0.900. The van der Waals surface area contributed by atoms with Crippen molar-refractivity contribution in [3.63, 3.8) is 0 Å². The van der Waals surface area contributed by atoms with E-state index in [0.29, 0.717) is 11.8 Å². The molecule has 0 aromatic heterocycles. The predicted molar refractivity (Wildman–Crippen MR) is 59.6 cm³/mol. The van der Waals surface area contributed by atoms with Gasteiger partial charge in [0.2, 0.25) is 0 Å². The van der Waals surface area contributed by atoms with Gasteiger partial charge < -0.3 is 10.9 Å². The molecule has 0 amide bonds. The Bertz CT molecular complexity index is 180. The van der Waals surface area contributed by atoms with E-state index < -0.39 is 0 Å². The maximum absolute atomic E-state index is 8.60. The zero-order chi connectivity index (χ0) is 11.1. The molecule has 1 atom stereocenters. The van der Waals surface area contributed by atoms with Crippen molar-refractivity contribution in [2.24, 2.45) is 16.8 Å². The maximum atomic E-state index is 8.60. The van der Waals surface area contributed by atoms with E-state index >= 15 is 0 Å². The van der Waals surface area contributed by atoms with E-state index in [-0.39, 0.29) is 6.04 Å². The monoisotopic (exact) mass is 201 g/mol. The Balaban J connectivity index is 4.11. The minimum Gasteiger partial charge on any atom is -0.409 e. The molecule has 0 saturated heterocycles. The van der Waals surface area contributed by atoms with Crippen LogP contribution in [0.2, 0.25) is 0 Å². The van der Waals surface area contributed by atoms with Gasteiger partial charge in [-0.25, -0.2) is 0 Å². The molecule has 4 nitrogen and oxygen atoms in total. The van der Waals surface area contributed by atoms with Crippen LogP contribution in [-0.2, 0) is 0 Å². The zero-order valence-corrected chi connectivity index (χ0v) is 9.70. The lowest BCUT2D eigenvalue weighted by atomic mass is 10.1. The smallest absolute Gasteiger partial charge is 0.156 e. The van der Waals surface area contributed by atoms with Crippen molar-refractivity contribution in [1.29, 1.82) is 0 Å². The summed E-state index contributed by atoms with van der Waals surface area (Å²) in [4.78, 5) is 2.13. The zero-order valence-electron chi connectivity index (χ0n) is 9.70. The average molecular weight is 201 g/mol. The van der Waals surface area contributed by atoms with Crippen LogP contribution in [0.3, 0.4) is 0 Å². The molecule has 1 unspecified atom stereocenters. The van der Waals surface area contributed by atoms with Crippen molar-refractivity contribution in [2.75, 3.05) is 13.6 Å². The average Bonchev–Trinajstić information content (AvgIpc) is 2.15. The van der Waals surface area contributed by atoms with E-state index in [4.69, 9.17) is 10.9 Å². The normalized spacial score (nSPS) is 15.1. The van der Waals surface area contributed by atoms with Crippen molar-refractivity contribution in [2.45, 2.75) is 39.7 Å². The summed E-state index contributed by atoms with van der Waals surface area (Å²) >= 11 is 0. The third kappa shape index (κ3) is 4.46. The van der Waals surface area contributed by atoms with Crippen molar-refractivity contribution in [3.8, 4) is 0 Å². The summed E-state index contributed by atoms with van der Waals surface area (Å²) in [5.41, 5.74) is 5.59. The van der Waals surface area contributed by atoms with Gasteiger partial charge in [-0.1, -0.05) is 25.9 Å². The Labute approximate surface area is 86.8 Å². The van der Waals surface area contributed by atoms with Crippen LogP contribution in [0.25, 0.3) is 0 Å². The molecule has 84 valence electrons. The Hall–Kier alpha value is -0.770. The van der Waals surface area contributed by atoms with E-state index in [1.54, 1.807) is 0 Å². The minimum absolute atomic E-state index is 0.0544. The number of hydrogen-bond donors (Lipinski definition) is 2. The van der Waals surface area contributed by atoms with Gasteiger partial charge in [0.25, 0.3) is 0 Å². The molecule has 14 heavy (non-hydrogen) atoms. The first kappa shape index (κ1) is 13.2. The number of rotatable bonds is 6. The fourth-order valence-corrected chi connectivity index (χ4v) is 1.43. The van der Waals surface area contributed by atoms with Crippen LogP contribution in [0.1, 0.15) is 33.6 Å². The van der Waals surface area contributed by atoms with Crippen molar-refractivity contribution < 1.29 is 5.21 Å². The van der Waals surface area contributed by atoms with E-state index in [1.165, 1.54) is 0 Å². The van der Waals surface area contributed by atoms with E-state index in [1.807, 2.05) is 14.0 Å². The highest BCUT2D eigenvalue weighted by atomic mass is 16.4. The maximum Gasteiger partial charge on any atom is 0.156 e. The number of amidine groups is 1. The molecule has 4 heteroatoms. The summed E-state index contributed by atoms with van der Waals surface area (Å²) in [7, 11) is 2.01. The molecular weight excluding hydrogens is 178 g/mol. The van der Waals surface area contributed by atoms with Gasteiger partial charge in [-0.15, -0.1) is 0 Å². The molecule has 0 spiro atoms. The van der Waals surface area contributed by atoms with Gasteiger partial charge in [-0.05, 0) is 32.4 Å². The van der Waals surface area contributed by atoms with Gasteiger partial charge in [0, 0.05) is 0 Å². The van der Waals surface area contributed by atoms with Gasteiger partial charge in [-0.3, -0.25) is 4.90 Å². The van der Waals surface area contributed by atoms with Gasteiger partial charge in [0.15, 0.2) is 5.84 Å². The van der Waals surface area contributed by atoms with Crippen LogP contribution >= 0.6 is 0 Å². The lowest BCUT2D eigenvalue weighted by Crippen LogP contribution is -2.42. The lowest BCUT2D eigenvalue weighted by molar-refractivity contribution is 0.258. The molecule has 3 N–H and O–H groups in total. The molecule has 0 aliphatic carbocycles. The predicted octanol–water partition coefficient (Wildman–Crippen LogP) is 1.49. The van der Waals surface area contributed by atoms with Crippen LogP contribution in [0.5, 0.6) is 0 Å². The van der Waals surface area contributed by atoms with Gasteiger partial charge in [0.1, 0.15) is 0 Å². The molecule has 0 fully saturated rings. The topological polar surface area (TPSA) is 61.9 Å². The highest BCUT2D eigenvalue weighted by Gasteiger charge is 2.16. The van der Waals surface area contributed by atoms with Gasteiger partial charge in [-0.2, -0.15) is 0 Å². The number of likely N-dealkylation sites (N-methyl/N-ethyl adjacent to an activating group) is 1. The third-order valence-corrected chi connectivity index (χ3v) is 2.43. The molecule has 0 aliphatic rings. The number of nitrogens with zero attached hydrogens (tertiary/aromatic N) is 2. The highest BCUT2D eigenvalue weighted by molar-refractivity contribution is 5.85. The summed E-state index contributed by atoms with van der Waals surface area (Å²) in [5.74, 6) is 0.987. The largest absolute Gasteiger partial charge is 0.409 e. The minimum atomic E-state index is 0.0544. The van der Waals surface area contributed by atoms with Crippen molar-refractivity contribution >= 4 is 5.84 Å². The molecular formula is C10H23N3O. The SMILES string of the molecule is CCC(C(N)=NO)N(C)CCC(C)C. The van der Waals surface area contributed by atoms with E-state index in [2.05, 4.69) is 23.9 Å². The summed E-state index contributed by atoms with van der Waals surface area (Å²) < 4.78 is 0. The second kappa shape index (κ2) is 6.65. The molecule has 0 aromatic rings. The van der Waals surface area contributed by atoms with E-state index in [0.717, 1.165) is 19.4 Å². The van der Waals surface area contributed by atoms with Gasteiger partial charge in [0.05, 0.1) is 6.04 Å². The quantitative estimate of drug-likeness (QED) is 0.296. The molecule has 0 heterocycles. The Kier molecular flexibility index (Phi) is 6.28. The lowest BCUT2D eigenvalue weighted by Gasteiger charge is -2.26. The third-order valence-electron chi connectivity index (χ3n) is 2.43. The van der Waals surface area contributed by atoms with Crippen molar-refractivity contribution in [3.05, 3.63) is 0 Å². The first-order valence-electron chi connectivity index (χ1n) is 5.20. The van der Waals surface area contributed by atoms with E-state index in [9.17, 15) is 0 Å². The summed E-state index contributed by atoms with van der Waals surface area (Å²) in [6, 6.07) is 0.0544. The standard InChI is InChI=1S/C10H23N3O/c1-5-9(10(11)12-14)13(4)7-6-8(2)3/h8-9,14H,5-7H2,1-4H3,(H2,11,12). The van der Waals surface area contributed by atoms with Crippen LogP contribution in [-0.4, -0.2) is 35.6 Å². The van der Waals surface area contributed by atoms with Gasteiger partial charge >= 0.3 is 0 Å². The van der Waals surface area contributed by atoms with Crippen LogP contribution in [0.4, 0.5) is 0 Å². The number of oxime groups is 1. The first-order chi connectivity index (χ1) is 6.52. The first-order valence-corrected chi connectivity index (χ1v) is 5.20. The molecule has 0 aliphatic heterocycles. The molecule has 0 aromatic carbocycles. The summed E-state index contributed by atoms with van der Waals surface area (Å²) in [6.45, 7) is 7.40. The molecule has 0 bridgehead atoms. The Morgan fingerprint density at radius 3 is 2.43 bits per heavy atom. The Morgan fingerprint density at radius 1 is 1.50 bits per heavy atom. The Morgan fingerprint density at radius 2 is 2.07 bits per heavy atom. The summed E-state index contributed by atoms with van der Waals surface area (Å²) in [5, 5.41) is 11.7. The highest BCUT2D eigenvalue weighted by Crippen LogP contribution is 2.06. The second-order valence-corrected chi connectivity index (χ2v) is 4.11. The van der Waals surface area contributed by atoms with Crippen LogP contribution < -0.4 is 5.73 Å².